The number of hydrogen-bond donors (Lipinski definition) is 2. The lowest BCUT2D eigenvalue weighted by Gasteiger charge is -2.24. The third kappa shape index (κ3) is 3.18. The molecule has 0 radical (unpaired) electrons. The molecule has 0 bridgehead atoms. The van der Waals surface area contributed by atoms with E-state index in [-0.39, 0.29) is 11.3 Å². The molecular weight excluding hydrogens is 238 g/mol. The Morgan fingerprint density at radius 1 is 1.28 bits per heavy atom. The molecule has 1 aromatic rings. The Morgan fingerprint density at radius 3 is 2.17 bits per heavy atom. The Morgan fingerprint density at radius 2 is 1.78 bits per heavy atom. The van der Waals surface area contributed by atoms with Crippen molar-refractivity contribution in [3.63, 3.8) is 0 Å². The van der Waals surface area contributed by atoms with Crippen molar-refractivity contribution in [2.24, 2.45) is 0 Å². The smallest absolute Gasteiger partial charge is 0.251 e. The van der Waals surface area contributed by atoms with E-state index in [0.29, 0.717) is 0 Å². The van der Waals surface area contributed by atoms with E-state index in [1.165, 1.54) is 7.05 Å². The molecule has 0 unspecified atom stereocenters. The normalized spacial score (nSPS) is 11.2. The summed E-state index contributed by atoms with van der Waals surface area (Å²) in [6, 6.07) is 2.05. The van der Waals surface area contributed by atoms with Crippen LogP contribution in [-0.2, 0) is 0 Å². The molecule has 0 aromatic heterocycles. The summed E-state index contributed by atoms with van der Waals surface area (Å²) in [5.74, 6) is -2.05. The summed E-state index contributed by atoms with van der Waals surface area (Å²) < 4.78 is 27.0. The third-order valence-electron chi connectivity index (χ3n) is 2.89. The summed E-state index contributed by atoms with van der Waals surface area (Å²) >= 11 is 0. The Hall–Kier alpha value is -1.65. The molecule has 3 nitrogen and oxygen atoms in total. The van der Waals surface area contributed by atoms with Gasteiger partial charge in [0.1, 0.15) is 17.3 Å². The standard InChI is InChI=1S/C13H18F2N2O/c1-5-13(2,3)17-12(18)8-6-9(14)11(16-4)10(15)7-8/h6-7,16H,5H2,1-4H3,(H,17,18). The van der Waals surface area contributed by atoms with Crippen LogP contribution in [0, 0.1) is 11.6 Å². The first kappa shape index (κ1) is 14.4. The quantitative estimate of drug-likeness (QED) is 0.869. The van der Waals surface area contributed by atoms with Crippen LogP contribution in [0.5, 0.6) is 0 Å². The molecule has 5 heteroatoms. The van der Waals surface area contributed by atoms with Gasteiger partial charge in [0.25, 0.3) is 5.91 Å². The minimum Gasteiger partial charge on any atom is -0.383 e. The first-order valence-corrected chi connectivity index (χ1v) is 5.80. The average Bonchev–Trinajstić information content (AvgIpc) is 2.28. The van der Waals surface area contributed by atoms with Gasteiger partial charge in [-0.1, -0.05) is 6.92 Å². The number of nitrogens with one attached hydrogen (secondary N) is 2. The minimum absolute atomic E-state index is 0.0227. The number of halogens is 2. The highest BCUT2D eigenvalue weighted by Gasteiger charge is 2.20. The number of anilines is 1. The summed E-state index contributed by atoms with van der Waals surface area (Å²) in [5.41, 5.74) is -0.669. The van der Waals surface area contributed by atoms with Crippen LogP contribution in [0.3, 0.4) is 0 Å². The molecule has 0 saturated carbocycles. The molecule has 1 rings (SSSR count). The van der Waals surface area contributed by atoms with Gasteiger partial charge >= 0.3 is 0 Å². The second kappa shape index (κ2) is 5.33. The number of carbonyl (C=O) groups is 1. The van der Waals surface area contributed by atoms with Gasteiger partial charge in [-0.25, -0.2) is 8.78 Å². The van der Waals surface area contributed by atoms with Gasteiger partial charge in [0.05, 0.1) is 0 Å². The largest absolute Gasteiger partial charge is 0.383 e. The van der Waals surface area contributed by atoms with Crippen LogP contribution in [0.2, 0.25) is 0 Å². The van der Waals surface area contributed by atoms with E-state index in [4.69, 9.17) is 0 Å². The Bertz CT molecular complexity index is 435. The number of hydrogen-bond acceptors (Lipinski definition) is 2. The fourth-order valence-electron chi connectivity index (χ4n) is 1.41. The molecule has 0 spiro atoms. The van der Waals surface area contributed by atoms with Gasteiger partial charge in [-0.3, -0.25) is 4.79 Å². The van der Waals surface area contributed by atoms with Gasteiger partial charge in [-0.15, -0.1) is 0 Å². The fourth-order valence-corrected chi connectivity index (χ4v) is 1.41. The minimum atomic E-state index is -0.781. The molecule has 0 aliphatic carbocycles. The lowest BCUT2D eigenvalue weighted by atomic mass is 10.0. The van der Waals surface area contributed by atoms with E-state index in [9.17, 15) is 13.6 Å². The monoisotopic (exact) mass is 256 g/mol. The average molecular weight is 256 g/mol. The number of rotatable bonds is 4. The molecule has 2 N–H and O–H groups in total. The summed E-state index contributed by atoms with van der Waals surface area (Å²) in [6.45, 7) is 5.62. The molecule has 1 amide bonds. The number of benzene rings is 1. The van der Waals surface area contributed by atoms with Crippen LogP contribution in [-0.4, -0.2) is 18.5 Å². The van der Waals surface area contributed by atoms with Crippen LogP contribution in [0.15, 0.2) is 12.1 Å². The highest BCUT2D eigenvalue weighted by atomic mass is 19.1. The van der Waals surface area contributed by atoms with E-state index in [0.717, 1.165) is 18.6 Å². The number of amides is 1. The van der Waals surface area contributed by atoms with E-state index < -0.39 is 23.1 Å². The molecule has 100 valence electrons. The predicted octanol–water partition coefficient (Wildman–Crippen LogP) is 2.92. The van der Waals surface area contributed by atoms with Crippen molar-refractivity contribution in [1.82, 2.24) is 5.32 Å². The van der Waals surface area contributed by atoms with Gasteiger partial charge in [0.2, 0.25) is 0 Å². The van der Waals surface area contributed by atoms with Crippen molar-refractivity contribution in [2.45, 2.75) is 32.7 Å². The Kier molecular flexibility index (Phi) is 4.27. The van der Waals surface area contributed by atoms with Crippen LogP contribution < -0.4 is 10.6 Å². The zero-order valence-corrected chi connectivity index (χ0v) is 11.0. The summed E-state index contributed by atoms with van der Waals surface area (Å²) in [4.78, 5) is 11.9. The SMILES string of the molecule is CCC(C)(C)NC(=O)c1cc(F)c(NC)c(F)c1. The predicted molar refractivity (Wildman–Crippen MR) is 67.7 cm³/mol. The van der Waals surface area contributed by atoms with E-state index in [2.05, 4.69) is 10.6 Å². The molecular formula is C13H18F2N2O. The zero-order chi connectivity index (χ0) is 13.9. The highest BCUT2D eigenvalue weighted by molar-refractivity contribution is 5.95. The Labute approximate surface area is 106 Å². The molecule has 0 atom stereocenters. The van der Waals surface area contributed by atoms with Crippen LogP contribution >= 0.6 is 0 Å². The second-order valence-electron chi connectivity index (χ2n) is 4.76. The lowest BCUT2D eigenvalue weighted by molar-refractivity contribution is 0.0910. The highest BCUT2D eigenvalue weighted by Crippen LogP contribution is 2.20. The first-order valence-electron chi connectivity index (χ1n) is 5.80. The van der Waals surface area contributed by atoms with E-state index >= 15 is 0 Å². The number of carbonyl (C=O) groups excluding carboxylic acids is 1. The molecule has 1 aromatic carbocycles. The molecule has 0 aliphatic heterocycles. The van der Waals surface area contributed by atoms with Crippen molar-refractivity contribution < 1.29 is 13.6 Å². The van der Waals surface area contributed by atoms with Crippen molar-refractivity contribution in [3.8, 4) is 0 Å². The van der Waals surface area contributed by atoms with Crippen LogP contribution in [0.4, 0.5) is 14.5 Å². The van der Waals surface area contributed by atoms with Crippen molar-refractivity contribution in [2.75, 3.05) is 12.4 Å². The van der Waals surface area contributed by atoms with E-state index in [1.807, 2.05) is 20.8 Å². The fraction of sp³-hybridized carbons (Fsp3) is 0.462. The van der Waals surface area contributed by atoms with Gasteiger partial charge in [0.15, 0.2) is 0 Å². The van der Waals surface area contributed by atoms with Crippen molar-refractivity contribution >= 4 is 11.6 Å². The van der Waals surface area contributed by atoms with Gasteiger partial charge in [-0.2, -0.15) is 0 Å². The maximum absolute atomic E-state index is 13.5. The second-order valence-corrected chi connectivity index (χ2v) is 4.76. The van der Waals surface area contributed by atoms with Crippen molar-refractivity contribution in [1.29, 1.82) is 0 Å². The van der Waals surface area contributed by atoms with Gasteiger partial charge in [-0.05, 0) is 32.4 Å². The summed E-state index contributed by atoms with van der Waals surface area (Å²) in [7, 11) is 1.42. The topological polar surface area (TPSA) is 41.1 Å². The lowest BCUT2D eigenvalue weighted by Crippen LogP contribution is -2.42. The molecule has 0 saturated heterocycles. The van der Waals surface area contributed by atoms with E-state index in [1.54, 1.807) is 0 Å². The maximum Gasteiger partial charge on any atom is 0.251 e. The third-order valence-corrected chi connectivity index (χ3v) is 2.89. The van der Waals surface area contributed by atoms with Gasteiger partial charge in [0, 0.05) is 18.2 Å². The molecule has 18 heavy (non-hydrogen) atoms. The molecule has 0 fully saturated rings. The molecule has 0 heterocycles. The first-order chi connectivity index (χ1) is 8.30. The van der Waals surface area contributed by atoms with Crippen molar-refractivity contribution in [3.05, 3.63) is 29.3 Å². The van der Waals surface area contributed by atoms with Crippen LogP contribution in [0.25, 0.3) is 0 Å². The maximum atomic E-state index is 13.5. The Balaban J connectivity index is 3.01. The molecule has 0 aliphatic rings. The summed E-state index contributed by atoms with van der Waals surface area (Å²) in [5, 5.41) is 5.13. The summed E-state index contributed by atoms with van der Waals surface area (Å²) in [6.07, 6.45) is 0.721. The zero-order valence-electron chi connectivity index (χ0n) is 11.0. The van der Waals surface area contributed by atoms with Gasteiger partial charge < -0.3 is 10.6 Å². The van der Waals surface area contributed by atoms with Crippen LogP contribution in [0.1, 0.15) is 37.6 Å².